The Morgan fingerprint density at radius 3 is 2.68 bits per heavy atom. The van der Waals surface area contributed by atoms with Crippen LogP contribution in [0.5, 0.6) is 0 Å². The van der Waals surface area contributed by atoms with Crippen LogP contribution in [-0.2, 0) is 13.1 Å². The molecule has 1 rings (SSSR count). The monoisotopic (exact) mass is 286 g/mol. The minimum Gasteiger partial charge on any atom is -0.310 e. The van der Waals surface area contributed by atoms with E-state index in [1.54, 1.807) is 0 Å². The van der Waals surface area contributed by atoms with E-state index in [9.17, 15) is 0 Å². The summed E-state index contributed by atoms with van der Waals surface area (Å²) in [4.78, 5) is 2.37. The highest BCUT2D eigenvalue weighted by Gasteiger charge is 2.12. The van der Waals surface area contributed by atoms with Crippen LogP contribution < -0.4 is 5.32 Å². The van der Waals surface area contributed by atoms with Gasteiger partial charge in [0.2, 0.25) is 0 Å². The molecule has 0 bridgehead atoms. The second-order valence-corrected chi connectivity index (χ2v) is 5.45. The van der Waals surface area contributed by atoms with E-state index in [2.05, 4.69) is 43.1 Å². The Labute approximate surface area is 122 Å². The average molecular weight is 287 g/mol. The molecule has 1 aromatic heterocycles. The van der Waals surface area contributed by atoms with Gasteiger partial charge in [-0.1, -0.05) is 18.5 Å². The van der Waals surface area contributed by atoms with Gasteiger partial charge in [-0.2, -0.15) is 5.10 Å². The number of nitrogens with zero attached hydrogens (tertiary/aromatic N) is 3. The van der Waals surface area contributed by atoms with E-state index in [1.807, 2.05) is 11.6 Å². The van der Waals surface area contributed by atoms with E-state index in [-0.39, 0.29) is 0 Å². The number of aryl methyl sites for hydroxylation is 2. The van der Waals surface area contributed by atoms with E-state index in [1.165, 1.54) is 6.42 Å². The molecule has 0 spiro atoms. The first-order chi connectivity index (χ1) is 9.01. The van der Waals surface area contributed by atoms with Crippen LogP contribution >= 0.6 is 11.6 Å². The Balaban J connectivity index is 2.41. The summed E-state index contributed by atoms with van der Waals surface area (Å²) in [5.74, 6) is 0. The molecule has 0 aromatic carbocycles. The van der Waals surface area contributed by atoms with E-state index in [0.717, 1.165) is 42.6 Å². The van der Waals surface area contributed by atoms with Crippen molar-refractivity contribution < 1.29 is 0 Å². The molecule has 110 valence electrons. The van der Waals surface area contributed by atoms with Crippen LogP contribution in [0.4, 0.5) is 0 Å². The summed E-state index contributed by atoms with van der Waals surface area (Å²) >= 11 is 6.27. The maximum atomic E-state index is 6.27. The van der Waals surface area contributed by atoms with Crippen LogP contribution in [-0.4, -0.2) is 40.9 Å². The van der Waals surface area contributed by atoms with Crippen molar-refractivity contribution in [3.8, 4) is 0 Å². The van der Waals surface area contributed by atoms with Crippen LogP contribution in [0.15, 0.2) is 0 Å². The highest BCUT2D eigenvalue weighted by Crippen LogP contribution is 2.19. The van der Waals surface area contributed by atoms with Crippen molar-refractivity contribution in [3.05, 3.63) is 16.4 Å². The highest BCUT2D eigenvalue weighted by molar-refractivity contribution is 6.31. The van der Waals surface area contributed by atoms with E-state index < -0.39 is 0 Å². The minimum absolute atomic E-state index is 0.633. The van der Waals surface area contributed by atoms with Gasteiger partial charge >= 0.3 is 0 Å². The quantitative estimate of drug-likeness (QED) is 0.746. The van der Waals surface area contributed by atoms with Crippen molar-refractivity contribution in [2.75, 3.05) is 20.1 Å². The molecule has 0 saturated heterocycles. The third kappa shape index (κ3) is 4.48. The fraction of sp³-hybridized carbons (Fsp3) is 0.786. The summed E-state index contributed by atoms with van der Waals surface area (Å²) in [7, 11) is 2.17. The maximum absolute atomic E-state index is 6.27. The first-order valence-corrected chi connectivity index (χ1v) is 7.51. The molecule has 19 heavy (non-hydrogen) atoms. The molecule has 0 fully saturated rings. The van der Waals surface area contributed by atoms with Gasteiger partial charge in [-0.25, -0.2) is 0 Å². The van der Waals surface area contributed by atoms with Crippen molar-refractivity contribution in [2.24, 2.45) is 0 Å². The molecule has 0 aliphatic rings. The number of rotatable bonds is 8. The van der Waals surface area contributed by atoms with Crippen molar-refractivity contribution in [1.29, 1.82) is 0 Å². The molecule has 0 radical (unpaired) electrons. The van der Waals surface area contributed by atoms with Gasteiger partial charge < -0.3 is 10.2 Å². The van der Waals surface area contributed by atoms with E-state index >= 15 is 0 Å². The Morgan fingerprint density at radius 2 is 2.11 bits per heavy atom. The average Bonchev–Trinajstić information content (AvgIpc) is 2.69. The second-order valence-electron chi connectivity index (χ2n) is 5.08. The van der Waals surface area contributed by atoms with Crippen molar-refractivity contribution in [3.63, 3.8) is 0 Å². The lowest BCUT2D eigenvalue weighted by Gasteiger charge is -2.23. The normalized spacial score (nSPS) is 13.2. The summed E-state index contributed by atoms with van der Waals surface area (Å²) < 4.78 is 1.98. The molecular formula is C14H27ClN4. The maximum Gasteiger partial charge on any atom is 0.0860 e. The van der Waals surface area contributed by atoms with Crippen LogP contribution in [0.25, 0.3) is 0 Å². The third-order valence-electron chi connectivity index (χ3n) is 3.73. The standard InChI is InChI=1S/C14H27ClN4/c1-6-11(3)18(5)9-8-16-10-13-14(15)12(4)17-19(13)7-2/h11,16H,6-10H2,1-5H3. The van der Waals surface area contributed by atoms with Gasteiger partial charge in [-0.3, -0.25) is 4.68 Å². The molecule has 1 heterocycles. The lowest BCUT2D eigenvalue weighted by molar-refractivity contribution is 0.251. The van der Waals surface area contributed by atoms with Crippen molar-refractivity contribution in [1.82, 2.24) is 20.0 Å². The first kappa shape index (κ1) is 16.5. The van der Waals surface area contributed by atoms with E-state index in [4.69, 9.17) is 11.6 Å². The summed E-state index contributed by atoms with van der Waals surface area (Å²) in [6.07, 6.45) is 1.18. The van der Waals surface area contributed by atoms with Gasteiger partial charge in [0.1, 0.15) is 0 Å². The molecule has 0 aliphatic carbocycles. The zero-order chi connectivity index (χ0) is 14.4. The van der Waals surface area contributed by atoms with Crippen molar-refractivity contribution in [2.45, 2.75) is 53.2 Å². The third-order valence-corrected chi connectivity index (χ3v) is 4.22. The minimum atomic E-state index is 0.633. The number of likely N-dealkylation sites (N-methyl/N-ethyl adjacent to an activating group) is 1. The van der Waals surface area contributed by atoms with Crippen LogP contribution in [0.1, 0.15) is 38.6 Å². The van der Waals surface area contributed by atoms with Gasteiger partial charge in [0.25, 0.3) is 0 Å². The highest BCUT2D eigenvalue weighted by atomic mass is 35.5. The molecule has 0 saturated carbocycles. The molecule has 4 nitrogen and oxygen atoms in total. The zero-order valence-corrected chi connectivity index (χ0v) is 13.6. The summed E-state index contributed by atoms with van der Waals surface area (Å²) in [5, 5.41) is 8.67. The Bertz CT molecular complexity index is 389. The largest absolute Gasteiger partial charge is 0.310 e. The first-order valence-electron chi connectivity index (χ1n) is 7.13. The van der Waals surface area contributed by atoms with Gasteiger partial charge in [0.05, 0.1) is 16.4 Å². The molecule has 1 unspecified atom stereocenters. The van der Waals surface area contributed by atoms with Gasteiger partial charge in [0.15, 0.2) is 0 Å². The number of aromatic nitrogens is 2. The molecule has 1 atom stereocenters. The second kappa shape index (κ2) is 7.88. The summed E-state index contributed by atoms with van der Waals surface area (Å²) in [6, 6.07) is 0.633. The Hall–Kier alpha value is -0.580. The molecule has 5 heteroatoms. The lowest BCUT2D eigenvalue weighted by Crippen LogP contribution is -2.35. The summed E-state index contributed by atoms with van der Waals surface area (Å²) in [5.41, 5.74) is 2.00. The topological polar surface area (TPSA) is 33.1 Å². The smallest absolute Gasteiger partial charge is 0.0860 e. The summed E-state index contributed by atoms with van der Waals surface area (Å²) in [6.45, 7) is 12.2. The van der Waals surface area contributed by atoms with Crippen LogP contribution in [0.2, 0.25) is 5.02 Å². The van der Waals surface area contributed by atoms with E-state index in [0.29, 0.717) is 6.04 Å². The van der Waals surface area contributed by atoms with Gasteiger partial charge in [0, 0.05) is 32.2 Å². The number of nitrogens with one attached hydrogen (secondary N) is 1. The van der Waals surface area contributed by atoms with Crippen LogP contribution in [0.3, 0.4) is 0 Å². The predicted molar refractivity (Wildman–Crippen MR) is 81.7 cm³/mol. The number of hydrogen-bond donors (Lipinski definition) is 1. The van der Waals surface area contributed by atoms with Crippen molar-refractivity contribution >= 4 is 11.6 Å². The number of hydrogen-bond acceptors (Lipinski definition) is 3. The molecule has 0 aliphatic heterocycles. The van der Waals surface area contributed by atoms with Gasteiger partial charge in [-0.15, -0.1) is 0 Å². The van der Waals surface area contributed by atoms with Crippen LogP contribution in [0, 0.1) is 6.92 Å². The lowest BCUT2D eigenvalue weighted by atomic mass is 10.2. The molecule has 1 aromatic rings. The zero-order valence-electron chi connectivity index (χ0n) is 12.8. The predicted octanol–water partition coefficient (Wildman–Crippen LogP) is 2.68. The molecular weight excluding hydrogens is 260 g/mol. The van der Waals surface area contributed by atoms with Gasteiger partial charge in [-0.05, 0) is 34.2 Å². The fourth-order valence-corrected chi connectivity index (χ4v) is 2.23. The Kier molecular flexibility index (Phi) is 6.83. The molecule has 1 N–H and O–H groups in total. The SMILES string of the molecule is CCC(C)N(C)CCNCc1c(Cl)c(C)nn1CC. The Morgan fingerprint density at radius 1 is 1.42 bits per heavy atom. The molecule has 0 amide bonds. The fourth-order valence-electron chi connectivity index (χ4n) is 2.03. The number of halogens is 1.